The Bertz CT molecular complexity index is 761. The minimum atomic E-state index is -0.841. The van der Waals surface area contributed by atoms with Crippen LogP contribution in [0, 0.1) is 10.1 Å². The van der Waals surface area contributed by atoms with Crippen LogP contribution in [0.1, 0.15) is 31.0 Å². The van der Waals surface area contributed by atoms with E-state index in [-0.39, 0.29) is 11.7 Å². The zero-order valence-electron chi connectivity index (χ0n) is 14.3. The third kappa shape index (κ3) is 3.65. The number of aliphatic hydroxyl groups is 1. The van der Waals surface area contributed by atoms with Gasteiger partial charge < -0.3 is 15.2 Å². The second-order valence-corrected chi connectivity index (χ2v) is 6.80. The molecule has 2 aromatic carbocycles. The molecule has 1 aliphatic heterocycles. The topological polar surface area (TPSA) is 84.6 Å². The molecule has 25 heavy (non-hydrogen) atoms. The van der Waals surface area contributed by atoms with Gasteiger partial charge in [-0.05, 0) is 38.4 Å². The van der Waals surface area contributed by atoms with Gasteiger partial charge in [0, 0.05) is 11.6 Å². The Morgan fingerprint density at radius 3 is 2.64 bits per heavy atom. The summed E-state index contributed by atoms with van der Waals surface area (Å²) in [6.07, 6.45) is 0.0606. The van der Waals surface area contributed by atoms with Gasteiger partial charge in [-0.15, -0.1) is 0 Å². The fourth-order valence-corrected chi connectivity index (χ4v) is 3.14. The normalized spacial score (nSPS) is 21.2. The van der Waals surface area contributed by atoms with Gasteiger partial charge >= 0.3 is 0 Å². The molecule has 0 amide bonds. The molecule has 0 fully saturated rings. The number of nitro groups is 1. The molecule has 0 saturated heterocycles. The quantitative estimate of drug-likeness (QED) is 0.644. The highest BCUT2D eigenvalue weighted by Gasteiger charge is 2.43. The van der Waals surface area contributed by atoms with Crippen LogP contribution in [0.25, 0.3) is 0 Å². The van der Waals surface area contributed by atoms with Crippen LogP contribution in [-0.4, -0.2) is 28.3 Å². The van der Waals surface area contributed by atoms with Gasteiger partial charge in [0.25, 0.3) is 5.69 Å². The second-order valence-electron chi connectivity index (χ2n) is 6.80. The van der Waals surface area contributed by atoms with E-state index in [1.165, 1.54) is 17.7 Å². The summed E-state index contributed by atoms with van der Waals surface area (Å²) in [6, 6.07) is 14.3. The van der Waals surface area contributed by atoms with Gasteiger partial charge in [-0.25, -0.2) is 0 Å². The van der Waals surface area contributed by atoms with Crippen LogP contribution in [-0.2, 0) is 6.42 Å². The van der Waals surface area contributed by atoms with Gasteiger partial charge in [-0.2, -0.15) is 0 Å². The van der Waals surface area contributed by atoms with Crippen molar-refractivity contribution in [2.24, 2.45) is 0 Å². The Hall–Kier alpha value is -2.44. The van der Waals surface area contributed by atoms with Crippen LogP contribution in [0.2, 0.25) is 0 Å². The number of ether oxygens (including phenoxy) is 1. The van der Waals surface area contributed by atoms with E-state index in [4.69, 9.17) is 4.74 Å². The Morgan fingerprint density at radius 2 is 1.96 bits per heavy atom. The third-order valence-corrected chi connectivity index (χ3v) is 4.56. The van der Waals surface area contributed by atoms with Crippen LogP contribution in [0.4, 0.5) is 5.69 Å². The van der Waals surface area contributed by atoms with Gasteiger partial charge in [-0.1, -0.05) is 30.3 Å². The molecule has 3 rings (SSSR count). The molecule has 2 unspecified atom stereocenters. The maximum absolute atomic E-state index is 11.0. The van der Waals surface area contributed by atoms with Crippen LogP contribution in [0.3, 0.4) is 0 Å². The number of fused-ring (bicyclic) bond motifs is 1. The fourth-order valence-electron chi connectivity index (χ4n) is 3.14. The maximum atomic E-state index is 11.0. The molecule has 1 aliphatic rings. The predicted octanol–water partition coefficient (Wildman–Crippen LogP) is 3.00. The monoisotopic (exact) mass is 342 g/mol. The molecule has 0 aliphatic carbocycles. The van der Waals surface area contributed by atoms with Crippen LogP contribution >= 0.6 is 0 Å². The van der Waals surface area contributed by atoms with Gasteiger partial charge in [-0.3, -0.25) is 10.1 Å². The van der Waals surface area contributed by atoms with E-state index < -0.39 is 16.6 Å². The lowest BCUT2D eigenvalue weighted by Crippen LogP contribution is -2.52. The van der Waals surface area contributed by atoms with Gasteiger partial charge in [0.15, 0.2) is 0 Å². The molecule has 2 aromatic rings. The minimum absolute atomic E-state index is 0.0195. The van der Waals surface area contributed by atoms with E-state index >= 15 is 0 Å². The third-order valence-electron chi connectivity index (χ3n) is 4.56. The highest BCUT2D eigenvalue weighted by molar-refractivity contribution is 5.48. The number of nitrogens with one attached hydrogen (secondary N) is 1. The average molecular weight is 342 g/mol. The highest BCUT2D eigenvalue weighted by atomic mass is 16.6. The summed E-state index contributed by atoms with van der Waals surface area (Å²) in [4.78, 5) is 10.6. The maximum Gasteiger partial charge on any atom is 0.273 e. The van der Waals surface area contributed by atoms with Crippen molar-refractivity contribution < 1.29 is 14.8 Å². The molecule has 0 aromatic heterocycles. The Labute approximate surface area is 146 Å². The van der Waals surface area contributed by atoms with E-state index in [0.29, 0.717) is 12.3 Å². The first-order valence-electron chi connectivity index (χ1n) is 8.31. The molecule has 0 radical (unpaired) electrons. The van der Waals surface area contributed by atoms with Crippen molar-refractivity contribution in [3.05, 3.63) is 69.8 Å². The smallest absolute Gasteiger partial charge is 0.273 e. The molecule has 2 atom stereocenters. The summed E-state index contributed by atoms with van der Waals surface area (Å²) in [5, 5.41) is 25.1. The largest absolute Gasteiger partial charge is 0.484 e. The van der Waals surface area contributed by atoms with Crippen LogP contribution in [0.15, 0.2) is 48.5 Å². The van der Waals surface area contributed by atoms with E-state index in [1.807, 2.05) is 18.2 Å². The summed E-state index contributed by atoms with van der Waals surface area (Å²) >= 11 is 0. The molecule has 0 bridgehead atoms. The molecule has 132 valence electrons. The summed E-state index contributed by atoms with van der Waals surface area (Å²) in [5.41, 5.74) is 1.09. The van der Waals surface area contributed by atoms with E-state index in [9.17, 15) is 15.2 Å². The zero-order chi connectivity index (χ0) is 18.0. The highest BCUT2D eigenvalue weighted by Crippen LogP contribution is 2.41. The Morgan fingerprint density at radius 1 is 1.24 bits per heavy atom. The standard InChI is InChI=1S/C19H22N2O4/c1-19(2)18(22)17(20-11-10-13-6-4-3-5-7-13)15-9-8-14(21(23)24)12-16(15)25-19/h3-9,12,17-18,20,22H,10-11H2,1-2H3. The summed E-state index contributed by atoms with van der Waals surface area (Å²) in [6.45, 7) is 4.24. The fraction of sp³-hybridized carbons (Fsp3) is 0.368. The van der Waals surface area contributed by atoms with E-state index in [1.54, 1.807) is 19.9 Å². The van der Waals surface area contributed by atoms with Crippen molar-refractivity contribution in [3.63, 3.8) is 0 Å². The first-order chi connectivity index (χ1) is 11.9. The molecule has 0 spiro atoms. The second kappa shape index (κ2) is 6.82. The number of aliphatic hydroxyl groups excluding tert-OH is 1. The van der Waals surface area contributed by atoms with E-state index in [0.717, 1.165) is 12.0 Å². The van der Waals surface area contributed by atoms with Crippen LogP contribution < -0.4 is 10.1 Å². The summed E-state index contributed by atoms with van der Waals surface area (Å²) in [5.74, 6) is 0.446. The predicted molar refractivity (Wildman–Crippen MR) is 94.7 cm³/mol. The summed E-state index contributed by atoms with van der Waals surface area (Å²) < 4.78 is 5.82. The van der Waals surface area contributed by atoms with Crippen molar-refractivity contribution in [2.45, 2.75) is 38.0 Å². The lowest BCUT2D eigenvalue weighted by atomic mass is 9.86. The molecule has 0 saturated carbocycles. The number of benzene rings is 2. The molecule has 1 heterocycles. The average Bonchev–Trinajstić information content (AvgIpc) is 2.58. The lowest BCUT2D eigenvalue weighted by Gasteiger charge is -2.42. The number of hydrogen-bond acceptors (Lipinski definition) is 5. The van der Waals surface area contributed by atoms with Gasteiger partial charge in [0.1, 0.15) is 17.5 Å². The molecular weight excluding hydrogens is 320 g/mol. The number of nitro benzene ring substituents is 1. The van der Waals surface area contributed by atoms with Gasteiger partial charge in [0.05, 0.1) is 17.0 Å². The van der Waals surface area contributed by atoms with Crippen molar-refractivity contribution in [1.29, 1.82) is 0 Å². The lowest BCUT2D eigenvalue weighted by molar-refractivity contribution is -0.385. The SMILES string of the molecule is CC1(C)Oc2cc([N+](=O)[O-])ccc2C(NCCc2ccccc2)C1O. The van der Waals surface area contributed by atoms with Crippen molar-refractivity contribution in [3.8, 4) is 5.75 Å². The Balaban J connectivity index is 1.81. The van der Waals surface area contributed by atoms with Crippen molar-refractivity contribution in [2.75, 3.05) is 6.54 Å². The number of hydrogen-bond donors (Lipinski definition) is 2. The molecule has 6 heteroatoms. The number of nitrogens with zero attached hydrogens (tertiary/aromatic N) is 1. The summed E-state index contributed by atoms with van der Waals surface area (Å²) in [7, 11) is 0. The molecular formula is C19H22N2O4. The van der Waals surface area contributed by atoms with Gasteiger partial charge in [0.2, 0.25) is 0 Å². The van der Waals surface area contributed by atoms with Crippen molar-refractivity contribution in [1.82, 2.24) is 5.32 Å². The zero-order valence-corrected chi connectivity index (χ0v) is 14.3. The minimum Gasteiger partial charge on any atom is -0.484 e. The van der Waals surface area contributed by atoms with E-state index in [2.05, 4.69) is 17.4 Å². The first kappa shape index (κ1) is 17.4. The Kier molecular flexibility index (Phi) is 4.74. The van der Waals surface area contributed by atoms with Crippen molar-refractivity contribution >= 4 is 5.69 Å². The number of non-ortho nitro benzene ring substituents is 1. The molecule has 6 nitrogen and oxygen atoms in total. The molecule has 2 N–H and O–H groups in total. The first-order valence-corrected chi connectivity index (χ1v) is 8.31. The number of rotatable bonds is 5. The van der Waals surface area contributed by atoms with Crippen LogP contribution in [0.5, 0.6) is 5.75 Å².